The number of amides is 3. The molecule has 0 atom stereocenters. The molecule has 1 aliphatic heterocycles. The predicted molar refractivity (Wildman–Crippen MR) is 135 cm³/mol. The van der Waals surface area contributed by atoms with Gasteiger partial charge in [0.2, 0.25) is 0 Å². The largest absolute Gasteiger partial charge is 0.385 e. The monoisotopic (exact) mass is 493 g/mol. The number of thioether (sulfide) groups is 1. The molecule has 0 radical (unpaired) electrons. The molecule has 2 heterocycles. The van der Waals surface area contributed by atoms with Gasteiger partial charge in [-0.1, -0.05) is 36.0 Å². The molecule has 0 spiro atoms. The molecule has 1 aliphatic rings. The average Bonchev–Trinajstić information content (AvgIpc) is 3.46. The van der Waals surface area contributed by atoms with Crippen LogP contribution in [0.25, 0.3) is 0 Å². The minimum Gasteiger partial charge on any atom is -0.385 e. The molecule has 174 valence electrons. The maximum atomic E-state index is 13.1. The highest BCUT2D eigenvalue weighted by atomic mass is 32.2. The number of hydrogen-bond acceptors (Lipinski definition) is 7. The number of ether oxygens (including phenoxy) is 1. The number of benzene rings is 2. The van der Waals surface area contributed by atoms with Gasteiger partial charge in [-0.25, -0.2) is 0 Å². The summed E-state index contributed by atoms with van der Waals surface area (Å²) in [5.41, 5.74) is 1.63. The zero-order chi connectivity index (χ0) is 23.9. The summed E-state index contributed by atoms with van der Waals surface area (Å²) in [5.74, 6) is -0.859. The van der Waals surface area contributed by atoms with Crippen molar-refractivity contribution in [3.05, 3.63) is 87.6 Å². The Bertz CT molecular complexity index is 1190. The van der Waals surface area contributed by atoms with Gasteiger partial charge in [0, 0.05) is 36.5 Å². The highest BCUT2D eigenvalue weighted by molar-refractivity contribution is 8.04. The van der Waals surface area contributed by atoms with Gasteiger partial charge in [0.15, 0.2) is 0 Å². The van der Waals surface area contributed by atoms with Gasteiger partial charge in [-0.15, -0.1) is 11.3 Å². The zero-order valence-electron chi connectivity index (χ0n) is 18.4. The Morgan fingerprint density at radius 2 is 1.74 bits per heavy atom. The van der Waals surface area contributed by atoms with Crippen LogP contribution in [0, 0.1) is 0 Å². The highest BCUT2D eigenvalue weighted by Gasteiger charge is 2.38. The molecule has 2 aromatic carbocycles. The van der Waals surface area contributed by atoms with Crippen LogP contribution in [0.4, 0.5) is 11.4 Å². The minimum atomic E-state index is -0.354. The number of carbonyl (C=O) groups excluding carboxylic acids is 3. The summed E-state index contributed by atoms with van der Waals surface area (Å²) in [4.78, 5) is 41.5. The molecule has 7 nitrogen and oxygen atoms in total. The Kier molecular flexibility index (Phi) is 7.79. The molecule has 9 heteroatoms. The molecule has 0 bridgehead atoms. The van der Waals surface area contributed by atoms with Gasteiger partial charge in [0.1, 0.15) is 10.6 Å². The van der Waals surface area contributed by atoms with Gasteiger partial charge in [0.05, 0.1) is 4.88 Å². The summed E-state index contributed by atoms with van der Waals surface area (Å²) < 4.78 is 5.07. The van der Waals surface area contributed by atoms with Crippen molar-refractivity contribution in [1.82, 2.24) is 4.90 Å². The van der Waals surface area contributed by atoms with Gasteiger partial charge in [0.25, 0.3) is 17.7 Å². The Hall–Kier alpha value is -3.40. The molecule has 3 aromatic rings. The lowest BCUT2D eigenvalue weighted by Gasteiger charge is -2.14. The molecule has 2 N–H and O–H groups in total. The van der Waals surface area contributed by atoms with Crippen LogP contribution in [0.15, 0.2) is 87.6 Å². The normalized spacial score (nSPS) is 13.5. The maximum Gasteiger partial charge on any atom is 0.278 e. The molecule has 4 rings (SSSR count). The van der Waals surface area contributed by atoms with Crippen LogP contribution in [-0.2, 0) is 14.3 Å². The maximum absolute atomic E-state index is 13.1. The third-order valence-corrected chi connectivity index (χ3v) is 6.94. The number of nitrogens with zero attached hydrogens (tertiary/aromatic N) is 1. The molecule has 0 unspecified atom stereocenters. The first-order valence-corrected chi connectivity index (χ1v) is 12.3. The first-order chi connectivity index (χ1) is 16.6. The van der Waals surface area contributed by atoms with Crippen molar-refractivity contribution in [1.29, 1.82) is 0 Å². The molecule has 3 amide bonds. The van der Waals surface area contributed by atoms with Crippen molar-refractivity contribution in [3.8, 4) is 0 Å². The van der Waals surface area contributed by atoms with Crippen LogP contribution in [-0.4, -0.2) is 42.9 Å². The Balaban J connectivity index is 1.53. The quantitative estimate of drug-likeness (QED) is 0.311. The van der Waals surface area contributed by atoms with Crippen molar-refractivity contribution in [2.24, 2.45) is 0 Å². The molecule has 0 saturated heterocycles. The Morgan fingerprint density at radius 1 is 0.971 bits per heavy atom. The van der Waals surface area contributed by atoms with E-state index in [1.54, 1.807) is 25.3 Å². The summed E-state index contributed by atoms with van der Waals surface area (Å²) in [6.07, 6.45) is 0.559. The number of para-hydroxylation sites is 1. The van der Waals surface area contributed by atoms with E-state index < -0.39 is 0 Å². The number of rotatable bonds is 10. The smallest absolute Gasteiger partial charge is 0.278 e. The molecule has 0 aliphatic carbocycles. The third-order valence-electron chi connectivity index (χ3n) is 4.98. The summed E-state index contributed by atoms with van der Waals surface area (Å²) in [7, 11) is 1.59. The molecule has 0 fully saturated rings. The van der Waals surface area contributed by atoms with E-state index in [2.05, 4.69) is 10.6 Å². The molecular weight excluding hydrogens is 470 g/mol. The lowest BCUT2D eigenvalue weighted by Crippen LogP contribution is -2.33. The van der Waals surface area contributed by atoms with E-state index in [0.717, 1.165) is 10.6 Å². The van der Waals surface area contributed by atoms with Gasteiger partial charge in [-0.05, 0) is 54.3 Å². The van der Waals surface area contributed by atoms with Gasteiger partial charge < -0.3 is 15.4 Å². The van der Waals surface area contributed by atoms with Crippen LogP contribution in [0.2, 0.25) is 0 Å². The predicted octanol–water partition coefficient (Wildman–Crippen LogP) is 4.82. The number of carbonyl (C=O) groups is 3. The van der Waals surface area contributed by atoms with Gasteiger partial charge >= 0.3 is 0 Å². The second-order valence-electron chi connectivity index (χ2n) is 7.36. The standard InChI is InChI=1S/C25H23N3O4S2/c1-32-15-6-14-28-24(30)21(26-17-7-3-2-4-8-17)22(25(28)31)34-19-12-10-18(11-13-19)27-23(29)20-9-5-16-33-20/h2-5,7-13,16,26H,6,14-15H2,1H3,(H,27,29). The van der Waals surface area contributed by atoms with Gasteiger partial charge in [-0.2, -0.15) is 0 Å². The van der Waals surface area contributed by atoms with E-state index in [4.69, 9.17) is 4.74 Å². The fraction of sp³-hybridized carbons (Fsp3) is 0.160. The summed E-state index contributed by atoms with van der Waals surface area (Å²) in [6.45, 7) is 0.739. The number of methoxy groups -OCH3 is 1. The molecule has 0 saturated carbocycles. The number of hydrogen-bond donors (Lipinski definition) is 2. The average molecular weight is 494 g/mol. The van der Waals surface area contributed by atoms with Crippen LogP contribution in [0.1, 0.15) is 16.1 Å². The first-order valence-electron chi connectivity index (χ1n) is 10.6. The fourth-order valence-corrected chi connectivity index (χ4v) is 4.88. The third kappa shape index (κ3) is 5.56. The number of imide groups is 1. The minimum absolute atomic E-state index is 0.171. The van der Waals surface area contributed by atoms with Crippen molar-refractivity contribution < 1.29 is 19.1 Å². The molecule has 34 heavy (non-hydrogen) atoms. The van der Waals surface area contributed by atoms with E-state index in [9.17, 15) is 14.4 Å². The lowest BCUT2D eigenvalue weighted by atomic mass is 10.3. The van der Waals surface area contributed by atoms with Gasteiger partial charge in [-0.3, -0.25) is 19.3 Å². The van der Waals surface area contributed by atoms with E-state index in [-0.39, 0.29) is 30.0 Å². The van der Waals surface area contributed by atoms with Crippen molar-refractivity contribution in [3.63, 3.8) is 0 Å². The van der Waals surface area contributed by atoms with Crippen LogP contribution < -0.4 is 10.6 Å². The van der Waals surface area contributed by atoms with Crippen LogP contribution in [0.5, 0.6) is 0 Å². The van der Waals surface area contributed by atoms with Crippen molar-refractivity contribution >= 4 is 52.2 Å². The van der Waals surface area contributed by atoms with E-state index in [1.165, 1.54) is 28.0 Å². The van der Waals surface area contributed by atoms with Crippen LogP contribution in [0.3, 0.4) is 0 Å². The van der Waals surface area contributed by atoms with Crippen LogP contribution >= 0.6 is 23.1 Å². The number of thiophene rings is 1. The Labute approximate surface area is 205 Å². The second-order valence-corrected chi connectivity index (χ2v) is 9.39. The lowest BCUT2D eigenvalue weighted by molar-refractivity contribution is -0.137. The Morgan fingerprint density at radius 3 is 2.41 bits per heavy atom. The fourth-order valence-electron chi connectivity index (χ4n) is 3.32. The molecular formula is C25H23N3O4S2. The number of anilines is 2. The summed E-state index contributed by atoms with van der Waals surface area (Å²) in [5, 5.41) is 7.83. The highest BCUT2D eigenvalue weighted by Crippen LogP contribution is 2.36. The SMILES string of the molecule is COCCCN1C(=O)C(Nc2ccccc2)=C(Sc2ccc(NC(=O)c3cccs3)cc2)C1=O. The summed E-state index contributed by atoms with van der Waals surface area (Å²) >= 11 is 2.59. The van der Waals surface area contributed by atoms with E-state index in [0.29, 0.717) is 28.5 Å². The van der Waals surface area contributed by atoms with E-state index >= 15 is 0 Å². The summed E-state index contributed by atoms with van der Waals surface area (Å²) in [6, 6.07) is 20.0. The van der Waals surface area contributed by atoms with Crippen molar-refractivity contribution in [2.75, 3.05) is 30.9 Å². The first kappa shape index (κ1) is 23.7. The zero-order valence-corrected chi connectivity index (χ0v) is 20.1. The number of nitrogens with one attached hydrogen (secondary N) is 2. The topological polar surface area (TPSA) is 87.7 Å². The van der Waals surface area contributed by atoms with Crippen molar-refractivity contribution in [2.45, 2.75) is 11.3 Å². The van der Waals surface area contributed by atoms with E-state index in [1.807, 2.05) is 53.9 Å². The molecule has 1 aromatic heterocycles. The second kappa shape index (κ2) is 11.1.